The van der Waals surface area contributed by atoms with E-state index in [2.05, 4.69) is 16.5 Å². The number of rotatable bonds is 2. The first-order valence-electron chi connectivity index (χ1n) is 5.37. The third-order valence-electron chi connectivity index (χ3n) is 2.47. The van der Waals surface area contributed by atoms with Gasteiger partial charge >= 0.3 is 0 Å². The molecule has 2 rings (SSSR count). The maximum Gasteiger partial charge on any atom is 0.260 e. The zero-order valence-electron chi connectivity index (χ0n) is 10.1. The van der Waals surface area contributed by atoms with E-state index in [9.17, 15) is 4.79 Å². The van der Waals surface area contributed by atoms with Crippen LogP contribution in [0.5, 0.6) is 0 Å². The zero-order valence-corrected chi connectivity index (χ0v) is 10.1. The Kier molecular flexibility index (Phi) is 2.95. The van der Waals surface area contributed by atoms with Crippen LogP contribution in [0, 0.1) is 20.8 Å². The van der Waals surface area contributed by atoms with Gasteiger partial charge in [-0.2, -0.15) is 0 Å². The predicted molar refractivity (Wildman–Crippen MR) is 65.1 cm³/mol. The summed E-state index contributed by atoms with van der Waals surface area (Å²) >= 11 is 0. The Bertz CT molecular complexity index is 538. The Balaban J connectivity index is 2.21. The van der Waals surface area contributed by atoms with Crippen LogP contribution in [0.15, 0.2) is 29.0 Å². The number of carbonyl (C=O) groups excluding carboxylic acids is 1. The summed E-state index contributed by atoms with van der Waals surface area (Å²) < 4.78 is 4.74. The molecule has 17 heavy (non-hydrogen) atoms. The molecule has 0 aliphatic carbocycles. The van der Waals surface area contributed by atoms with Gasteiger partial charge in [-0.1, -0.05) is 11.2 Å². The number of hydrogen-bond acceptors (Lipinski definition) is 3. The monoisotopic (exact) mass is 230 g/mol. The second kappa shape index (κ2) is 4.41. The topological polar surface area (TPSA) is 55.1 Å². The Morgan fingerprint density at radius 3 is 2.35 bits per heavy atom. The van der Waals surface area contributed by atoms with Gasteiger partial charge in [0.25, 0.3) is 5.91 Å². The van der Waals surface area contributed by atoms with Gasteiger partial charge < -0.3 is 9.84 Å². The summed E-state index contributed by atoms with van der Waals surface area (Å²) in [6.07, 6.45) is 1.35. The molecule has 0 aliphatic rings. The maximum absolute atomic E-state index is 11.9. The summed E-state index contributed by atoms with van der Waals surface area (Å²) in [5, 5.41) is 6.51. The van der Waals surface area contributed by atoms with Gasteiger partial charge in [0.15, 0.2) is 0 Å². The SMILES string of the molecule is Cc1cc(C)cc(NC(=O)c2conc2C)c1. The van der Waals surface area contributed by atoms with Crippen molar-refractivity contribution in [1.29, 1.82) is 0 Å². The van der Waals surface area contributed by atoms with E-state index in [1.165, 1.54) is 6.26 Å². The summed E-state index contributed by atoms with van der Waals surface area (Å²) in [5.74, 6) is -0.200. The first-order valence-corrected chi connectivity index (χ1v) is 5.37. The quantitative estimate of drug-likeness (QED) is 0.863. The van der Waals surface area contributed by atoms with Gasteiger partial charge in [0, 0.05) is 5.69 Å². The van der Waals surface area contributed by atoms with Crippen LogP contribution >= 0.6 is 0 Å². The fourth-order valence-electron chi connectivity index (χ4n) is 1.76. The normalized spacial score (nSPS) is 10.3. The highest BCUT2D eigenvalue weighted by atomic mass is 16.5. The number of hydrogen-bond donors (Lipinski definition) is 1. The molecule has 0 fully saturated rings. The number of aromatic nitrogens is 1. The average Bonchev–Trinajstić information content (AvgIpc) is 2.62. The third kappa shape index (κ3) is 2.53. The van der Waals surface area contributed by atoms with Crippen LogP contribution in [-0.2, 0) is 0 Å². The number of anilines is 1. The molecule has 1 heterocycles. The summed E-state index contributed by atoms with van der Waals surface area (Å²) in [6.45, 7) is 5.72. The van der Waals surface area contributed by atoms with Crippen molar-refractivity contribution in [2.24, 2.45) is 0 Å². The van der Waals surface area contributed by atoms with Crippen molar-refractivity contribution in [3.8, 4) is 0 Å². The molecular weight excluding hydrogens is 216 g/mol. The highest BCUT2D eigenvalue weighted by molar-refractivity contribution is 6.04. The van der Waals surface area contributed by atoms with E-state index in [-0.39, 0.29) is 5.91 Å². The molecule has 0 bridgehead atoms. The molecule has 1 aromatic heterocycles. The van der Waals surface area contributed by atoms with Crippen LogP contribution < -0.4 is 5.32 Å². The molecule has 4 nitrogen and oxygen atoms in total. The van der Waals surface area contributed by atoms with E-state index < -0.39 is 0 Å². The van der Waals surface area contributed by atoms with E-state index in [0.717, 1.165) is 16.8 Å². The fourth-order valence-corrected chi connectivity index (χ4v) is 1.76. The Morgan fingerprint density at radius 2 is 1.82 bits per heavy atom. The molecular formula is C13H14N2O2. The molecule has 1 N–H and O–H groups in total. The van der Waals surface area contributed by atoms with Crippen LogP contribution in [0.2, 0.25) is 0 Å². The Labute approximate surface area is 99.6 Å². The van der Waals surface area contributed by atoms with E-state index in [4.69, 9.17) is 4.52 Å². The van der Waals surface area contributed by atoms with Crippen molar-refractivity contribution in [2.45, 2.75) is 20.8 Å². The van der Waals surface area contributed by atoms with Crippen LogP contribution in [0.25, 0.3) is 0 Å². The minimum atomic E-state index is -0.200. The van der Waals surface area contributed by atoms with Crippen LogP contribution in [-0.4, -0.2) is 11.1 Å². The second-order valence-corrected chi connectivity index (χ2v) is 4.14. The molecule has 4 heteroatoms. The number of benzene rings is 1. The Morgan fingerprint density at radius 1 is 1.18 bits per heavy atom. The van der Waals surface area contributed by atoms with Crippen LogP contribution in [0.3, 0.4) is 0 Å². The van der Waals surface area contributed by atoms with Gasteiger partial charge in [0.1, 0.15) is 11.8 Å². The molecule has 0 aliphatic heterocycles. The number of aryl methyl sites for hydroxylation is 3. The van der Waals surface area contributed by atoms with Crippen molar-refractivity contribution in [3.05, 3.63) is 46.8 Å². The maximum atomic E-state index is 11.9. The molecule has 0 radical (unpaired) electrons. The summed E-state index contributed by atoms with van der Waals surface area (Å²) in [4.78, 5) is 11.9. The Hall–Kier alpha value is -2.10. The highest BCUT2D eigenvalue weighted by Gasteiger charge is 2.12. The van der Waals surface area contributed by atoms with Gasteiger partial charge in [-0.25, -0.2) is 0 Å². The number of carbonyl (C=O) groups is 1. The van der Waals surface area contributed by atoms with E-state index >= 15 is 0 Å². The summed E-state index contributed by atoms with van der Waals surface area (Å²) in [6, 6.07) is 5.90. The summed E-state index contributed by atoms with van der Waals surface area (Å²) in [5.41, 5.74) is 4.06. The molecule has 1 aromatic carbocycles. The highest BCUT2D eigenvalue weighted by Crippen LogP contribution is 2.15. The number of nitrogens with zero attached hydrogens (tertiary/aromatic N) is 1. The van der Waals surface area contributed by atoms with Crippen LogP contribution in [0.1, 0.15) is 27.2 Å². The standard InChI is InChI=1S/C13H14N2O2/c1-8-4-9(2)6-11(5-8)14-13(16)12-7-17-15-10(12)3/h4-7H,1-3H3,(H,14,16). The zero-order chi connectivity index (χ0) is 12.4. The largest absolute Gasteiger partial charge is 0.364 e. The third-order valence-corrected chi connectivity index (χ3v) is 2.47. The minimum Gasteiger partial charge on any atom is -0.364 e. The van der Waals surface area contributed by atoms with Gasteiger partial charge in [-0.05, 0) is 44.0 Å². The van der Waals surface area contributed by atoms with Crippen LogP contribution in [0.4, 0.5) is 5.69 Å². The van der Waals surface area contributed by atoms with Gasteiger partial charge in [0.2, 0.25) is 0 Å². The fraction of sp³-hybridized carbons (Fsp3) is 0.231. The van der Waals surface area contributed by atoms with E-state index in [1.807, 2.05) is 26.0 Å². The molecule has 0 spiro atoms. The first kappa shape index (κ1) is 11.4. The van der Waals surface area contributed by atoms with E-state index in [0.29, 0.717) is 11.3 Å². The van der Waals surface area contributed by atoms with Crippen molar-refractivity contribution in [3.63, 3.8) is 0 Å². The second-order valence-electron chi connectivity index (χ2n) is 4.14. The lowest BCUT2D eigenvalue weighted by Crippen LogP contribution is -2.12. The van der Waals surface area contributed by atoms with Crippen molar-refractivity contribution < 1.29 is 9.32 Å². The van der Waals surface area contributed by atoms with E-state index in [1.54, 1.807) is 6.92 Å². The molecule has 1 amide bonds. The average molecular weight is 230 g/mol. The lowest BCUT2D eigenvalue weighted by Gasteiger charge is -2.06. The van der Waals surface area contributed by atoms with Crippen molar-refractivity contribution >= 4 is 11.6 Å². The first-order chi connectivity index (χ1) is 8.06. The van der Waals surface area contributed by atoms with Gasteiger partial charge in [-0.15, -0.1) is 0 Å². The molecule has 2 aromatic rings. The predicted octanol–water partition coefficient (Wildman–Crippen LogP) is 2.85. The summed E-state index contributed by atoms with van der Waals surface area (Å²) in [7, 11) is 0. The molecule has 0 atom stereocenters. The minimum absolute atomic E-state index is 0.200. The van der Waals surface area contributed by atoms with Gasteiger partial charge in [-0.3, -0.25) is 4.79 Å². The molecule has 0 unspecified atom stereocenters. The molecule has 0 saturated heterocycles. The molecule has 88 valence electrons. The van der Waals surface area contributed by atoms with Crippen molar-refractivity contribution in [1.82, 2.24) is 5.16 Å². The number of amides is 1. The molecule has 0 saturated carbocycles. The number of nitrogens with one attached hydrogen (secondary N) is 1. The lowest BCUT2D eigenvalue weighted by atomic mass is 10.1. The lowest BCUT2D eigenvalue weighted by molar-refractivity contribution is 0.102. The smallest absolute Gasteiger partial charge is 0.260 e. The van der Waals surface area contributed by atoms with Gasteiger partial charge in [0.05, 0.1) is 5.69 Å². The van der Waals surface area contributed by atoms with Crippen molar-refractivity contribution in [2.75, 3.05) is 5.32 Å².